The molecule has 3 nitrogen and oxygen atoms in total. The van der Waals surface area contributed by atoms with Crippen LogP contribution in [0.2, 0.25) is 0 Å². The summed E-state index contributed by atoms with van der Waals surface area (Å²) < 4.78 is 1.11. The van der Waals surface area contributed by atoms with Gasteiger partial charge in [-0.15, -0.1) is 11.3 Å². The van der Waals surface area contributed by atoms with Crippen LogP contribution in [-0.2, 0) is 0 Å². The van der Waals surface area contributed by atoms with E-state index >= 15 is 0 Å². The number of nitrogen functional groups attached to an aromatic ring is 1. The maximum Gasteiger partial charge on any atom is 0.261 e. The molecule has 0 radical (unpaired) electrons. The van der Waals surface area contributed by atoms with Crippen LogP contribution < -0.4 is 11.1 Å². The molecule has 1 aliphatic carbocycles. The lowest BCUT2D eigenvalue weighted by Crippen LogP contribution is -2.24. The molecule has 0 spiro atoms. The third-order valence-corrected chi connectivity index (χ3v) is 5.19. The van der Waals surface area contributed by atoms with Crippen molar-refractivity contribution in [2.75, 3.05) is 12.3 Å². The number of carbonyl (C=O) groups is 1. The number of nitrogens with one attached hydrogen (secondary N) is 1. The van der Waals surface area contributed by atoms with Crippen LogP contribution in [0.4, 0.5) is 5.69 Å². The van der Waals surface area contributed by atoms with E-state index in [1.165, 1.54) is 37.0 Å². The Bertz CT molecular complexity index is 614. The third-order valence-electron chi connectivity index (χ3n) is 4.08. The molecule has 1 amide bonds. The van der Waals surface area contributed by atoms with Crippen molar-refractivity contribution in [3.63, 3.8) is 0 Å². The highest BCUT2D eigenvalue weighted by atomic mass is 32.1. The minimum atomic E-state index is 0.0442. The Labute approximate surface area is 123 Å². The van der Waals surface area contributed by atoms with Gasteiger partial charge in [-0.05, 0) is 42.0 Å². The Kier molecular flexibility index (Phi) is 3.92. The number of rotatable bonds is 4. The molecule has 3 rings (SSSR count). The first kappa shape index (κ1) is 13.4. The molecule has 3 N–H and O–H groups in total. The van der Waals surface area contributed by atoms with Crippen molar-refractivity contribution in [2.24, 2.45) is 5.92 Å². The highest BCUT2D eigenvalue weighted by molar-refractivity contribution is 7.20. The maximum atomic E-state index is 12.1. The molecule has 1 aromatic heterocycles. The summed E-state index contributed by atoms with van der Waals surface area (Å²) in [5.41, 5.74) is 6.50. The molecule has 1 aliphatic rings. The van der Waals surface area contributed by atoms with Crippen LogP contribution in [0.3, 0.4) is 0 Å². The van der Waals surface area contributed by atoms with E-state index in [9.17, 15) is 4.79 Å². The first-order valence-electron chi connectivity index (χ1n) is 7.29. The lowest BCUT2D eigenvalue weighted by molar-refractivity contribution is 0.0955. The highest BCUT2D eigenvalue weighted by Gasteiger charge is 2.15. The molecule has 2 aromatic rings. The van der Waals surface area contributed by atoms with Crippen molar-refractivity contribution in [2.45, 2.75) is 32.1 Å². The van der Waals surface area contributed by atoms with Crippen LogP contribution in [0, 0.1) is 5.92 Å². The molecule has 0 saturated heterocycles. The van der Waals surface area contributed by atoms with E-state index in [1.807, 2.05) is 24.3 Å². The Morgan fingerprint density at radius 1 is 1.30 bits per heavy atom. The van der Waals surface area contributed by atoms with E-state index in [0.29, 0.717) is 0 Å². The van der Waals surface area contributed by atoms with Crippen molar-refractivity contribution in [3.05, 3.63) is 29.1 Å². The number of hydrogen-bond acceptors (Lipinski definition) is 3. The van der Waals surface area contributed by atoms with Gasteiger partial charge < -0.3 is 11.1 Å². The van der Waals surface area contributed by atoms with Crippen molar-refractivity contribution >= 4 is 33.0 Å². The minimum absolute atomic E-state index is 0.0442. The van der Waals surface area contributed by atoms with Crippen LogP contribution in [0.5, 0.6) is 0 Å². The summed E-state index contributed by atoms with van der Waals surface area (Å²) in [6.07, 6.45) is 6.49. The molecule has 20 heavy (non-hydrogen) atoms. The predicted octanol–water partition coefficient (Wildman–Crippen LogP) is 3.79. The molecule has 1 heterocycles. The monoisotopic (exact) mass is 288 g/mol. The number of nitrogens with two attached hydrogens (primary N) is 1. The smallest absolute Gasteiger partial charge is 0.261 e. The van der Waals surface area contributed by atoms with E-state index < -0.39 is 0 Å². The zero-order valence-corrected chi connectivity index (χ0v) is 12.3. The quantitative estimate of drug-likeness (QED) is 0.841. The van der Waals surface area contributed by atoms with E-state index in [0.717, 1.165) is 39.5 Å². The standard InChI is InChI=1S/C16H20N2OS/c17-13-5-6-14-12(9-13)10-15(20-14)16(19)18-8-7-11-3-1-2-4-11/h5-6,9-11H,1-4,7-8,17H2,(H,18,19). The normalized spacial score (nSPS) is 15.8. The van der Waals surface area contributed by atoms with Gasteiger partial charge >= 0.3 is 0 Å². The summed E-state index contributed by atoms with van der Waals surface area (Å²) in [7, 11) is 0. The van der Waals surface area contributed by atoms with Gasteiger partial charge in [0.1, 0.15) is 0 Å². The SMILES string of the molecule is Nc1ccc2sc(C(=O)NCCC3CCCC3)cc2c1. The first-order valence-corrected chi connectivity index (χ1v) is 8.11. The fourth-order valence-electron chi connectivity index (χ4n) is 2.95. The van der Waals surface area contributed by atoms with Gasteiger partial charge in [0.2, 0.25) is 0 Å². The van der Waals surface area contributed by atoms with Gasteiger partial charge in [0.05, 0.1) is 4.88 Å². The fraction of sp³-hybridized carbons (Fsp3) is 0.438. The lowest BCUT2D eigenvalue weighted by Gasteiger charge is -2.08. The second-order valence-electron chi connectivity index (χ2n) is 5.60. The van der Waals surface area contributed by atoms with Gasteiger partial charge in [-0.1, -0.05) is 25.7 Å². The molecule has 1 aromatic carbocycles. The van der Waals surface area contributed by atoms with Crippen molar-refractivity contribution in [3.8, 4) is 0 Å². The van der Waals surface area contributed by atoms with Crippen LogP contribution >= 0.6 is 11.3 Å². The zero-order chi connectivity index (χ0) is 13.9. The van der Waals surface area contributed by atoms with Crippen LogP contribution in [0.15, 0.2) is 24.3 Å². The number of hydrogen-bond donors (Lipinski definition) is 2. The molecular weight excluding hydrogens is 268 g/mol. The highest BCUT2D eigenvalue weighted by Crippen LogP contribution is 2.28. The Balaban J connectivity index is 1.60. The predicted molar refractivity (Wildman–Crippen MR) is 85.1 cm³/mol. The second kappa shape index (κ2) is 5.83. The molecule has 4 heteroatoms. The molecule has 1 fully saturated rings. The Morgan fingerprint density at radius 3 is 2.90 bits per heavy atom. The van der Waals surface area contributed by atoms with Gasteiger partial charge in [-0.3, -0.25) is 4.79 Å². The number of amides is 1. The summed E-state index contributed by atoms with van der Waals surface area (Å²) in [6.45, 7) is 0.792. The van der Waals surface area contributed by atoms with E-state index in [-0.39, 0.29) is 5.91 Å². The molecule has 0 aliphatic heterocycles. The molecule has 106 valence electrons. The minimum Gasteiger partial charge on any atom is -0.399 e. The topological polar surface area (TPSA) is 55.1 Å². The first-order chi connectivity index (χ1) is 9.72. The van der Waals surface area contributed by atoms with Gasteiger partial charge in [0, 0.05) is 16.9 Å². The number of thiophene rings is 1. The molecule has 0 unspecified atom stereocenters. The molecule has 0 atom stereocenters. The van der Waals surface area contributed by atoms with Crippen molar-refractivity contribution in [1.29, 1.82) is 0 Å². The third kappa shape index (κ3) is 2.96. The average Bonchev–Trinajstić information content (AvgIpc) is 3.06. The van der Waals surface area contributed by atoms with Gasteiger partial charge in [-0.25, -0.2) is 0 Å². The van der Waals surface area contributed by atoms with Crippen LogP contribution in [0.25, 0.3) is 10.1 Å². The number of carbonyl (C=O) groups excluding carboxylic acids is 1. The maximum absolute atomic E-state index is 12.1. The lowest BCUT2D eigenvalue weighted by atomic mass is 10.0. The second-order valence-corrected chi connectivity index (χ2v) is 6.69. The molecule has 1 saturated carbocycles. The summed E-state index contributed by atoms with van der Waals surface area (Å²) in [5.74, 6) is 0.861. The number of anilines is 1. The summed E-state index contributed by atoms with van der Waals surface area (Å²) >= 11 is 1.53. The summed E-state index contributed by atoms with van der Waals surface area (Å²) in [6, 6.07) is 7.70. The summed E-state index contributed by atoms with van der Waals surface area (Å²) in [4.78, 5) is 12.9. The van der Waals surface area contributed by atoms with E-state index in [1.54, 1.807) is 0 Å². The van der Waals surface area contributed by atoms with Gasteiger partial charge in [0.25, 0.3) is 5.91 Å². The fourth-order valence-corrected chi connectivity index (χ4v) is 3.91. The number of benzene rings is 1. The summed E-state index contributed by atoms with van der Waals surface area (Å²) in [5, 5.41) is 4.09. The number of fused-ring (bicyclic) bond motifs is 1. The Morgan fingerprint density at radius 2 is 2.10 bits per heavy atom. The average molecular weight is 288 g/mol. The van der Waals surface area contributed by atoms with Crippen LogP contribution in [0.1, 0.15) is 41.8 Å². The largest absolute Gasteiger partial charge is 0.399 e. The zero-order valence-electron chi connectivity index (χ0n) is 11.5. The molecular formula is C16H20N2OS. The van der Waals surface area contributed by atoms with E-state index in [4.69, 9.17) is 5.73 Å². The van der Waals surface area contributed by atoms with Gasteiger partial charge in [-0.2, -0.15) is 0 Å². The van der Waals surface area contributed by atoms with Crippen molar-refractivity contribution in [1.82, 2.24) is 5.32 Å². The van der Waals surface area contributed by atoms with Gasteiger partial charge in [0.15, 0.2) is 0 Å². The van der Waals surface area contributed by atoms with Crippen molar-refractivity contribution < 1.29 is 4.79 Å². The van der Waals surface area contributed by atoms with Crippen LogP contribution in [-0.4, -0.2) is 12.5 Å². The Hall–Kier alpha value is -1.55. The van der Waals surface area contributed by atoms with E-state index in [2.05, 4.69) is 5.32 Å². The molecule has 0 bridgehead atoms.